The minimum absolute atomic E-state index is 0.141. The van der Waals surface area contributed by atoms with Crippen molar-refractivity contribution in [2.45, 2.75) is 6.42 Å². The van der Waals surface area contributed by atoms with Crippen LogP contribution in [0.1, 0.15) is 6.42 Å². The highest BCUT2D eigenvalue weighted by Crippen LogP contribution is 2.25. The van der Waals surface area contributed by atoms with Crippen molar-refractivity contribution in [1.29, 1.82) is 5.26 Å². The molecule has 4 nitrogen and oxygen atoms in total. The zero-order valence-corrected chi connectivity index (χ0v) is 11.1. The Morgan fingerprint density at radius 3 is 2.60 bits per heavy atom. The smallest absolute Gasteiger partial charge is 0.238 e. The fraction of sp³-hybridized carbons (Fsp3) is 0.125. The summed E-state index contributed by atoms with van der Waals surface area (Å²) < 4.78 is 5.19. The van der Waals surface area contributed by atoms with Gasteiger partial charge < -0.3 is 10.1 Å². The predicted molar refractivity (Wildman–Crippen MR) is 77.3 cm³/mol. The Morgan fingerprint density at radius 1 is 1.20 bits per heavy atom. The summed E-state index contributed by atoms with van der Waals surface area (Å²) in [5, 5.41) is 11.1. The number of ether oxygens (including phenoxy) is 1. The fourth-order valence-electron chi connectivity index (χ4n) is 1.83. The number of rotatable bonds is 4. The standard InChI is InChI=1S/C16H14N2O2/c1-20-15-4-2-3-13(11-15)12-5-7-14(8-6-12)18-16(19)9-10-17/h2-8,11H,9H2,1H3,(H,18,19). The maximum Gasteiger partial charge on any atom is 0.238 e. The van der Waals surface area contributed by atoms with Crippen LogP contribution in [-0.2, 0) is 4.79 Å². The molecule has 100 valence electrons. The maximum atomic E-state index is 11.3. The van der Waals surface area contributed by atoms with E-state index < -0.39 is 0 Å². The van der Waals surface area contributed by atoms with Gasteiger partial charge in [-0.05, 0) is 35.4 Å². The van der Waals surface area contributed by atoms with Crippen LogP contribution in [0.4, 0.5) is 5.69 Å². The van der Waals surface area contributed by atoms with Crippen molar-refractivity contribution in [1.82, 2.24) is 0 Å². The van der Waals surface area contributed by atoms with Crippen molar-refractivity contribution >= 4 is 11.6 Å². The number of anilines is 1. The second kappa shape index (κ2) is 6.39. The molecule has 0 heterocycles. The van der Waals surface area contributed by atoms with Crippen molar-refractivity contribution in [2.24, 2.45) is 0 Å². The van der Waals surface area contributed by atoms with Gasteiger partial charge in [0.25, 0.3) is 0 Å². The summed E-state index contributed by atoms with van der Waals surface area (Å²) in [6, 6.07) is 17.0. The minimum Gasteiger partial charge on any atom is -0.497 e. The summed E-state index contributed by atoms with van der Waals surface area (Å²) >= 11 is 0. The quantitative estimate of drug-likeness (QED) is 0.924. The lowest BCUT2D eigenvalue weighted by Gasteiger charge is -2.07. The lowest BCUT2D eigenvalue weighted by atomic mass is 10.1. The third-order valence-electron chi connectivity index (χ3n) is 2.81. The molecular formula is C16H14N2O2. The van der Waals surface area contributed by atoms with E-state index in [0.717, 1.165) is 16.9 Å². The number of amides is 1. The molecule has 0 aliphatic carbocycles. The van der Waals surface area contributed by atoms with Crippen molar-refractivity contribution in [3.05, 3.63) is 48.5 Å². The molecule has 1 amide bonds. The molecule has 0 aliphatic heterocycles. The number of benzene rings is 2. The number of nitrogens with one attached hydrogen (secondary N) is 1. The van der Waals surface area contributed by atoms with E-state index in [1.54, 1.807) is 7.11 Å². The van der Waals surface area contributed by atoms with Gasteiger partial charge in [0, 0.05) is 5.69 Å². The normalized spacial score (nSPS) is 9.60. The number of nitriles is 1. The largest absolute Gasteiger partial charge is 0.497 e. The number of methoxy groups -OCH3 is 1. The Hall–Kier alpha value is -2.80. The van der Waals surface area contributed by atoms with Crippen molar-refractivity contribution in [3.63, 3.8) is 0 Å². The van der Waals surface area contributed by atoms with Gasteiger partial charge in [-0.2, -0.15) is 5.26 Å². The van der Waals surface area contributed by atoms with Gasteiger partial charge in [0.1, 0.15) is 12.2 Å². The Balaban J connectivity index is 2.15. The summed E-state index contributed by atoms with van der Waals surface area (Å²) in [7, 11) is 1.63. The van der Waals surface area contributed by atoms with E-state index in [1.807, 2.05) is 54.6 Å². The van der Waals surface area contributed by atoms with Gasteiger partial charge in [-0.25, -0.2) is 0 Å². The van der Waals surface area contributed by atoms with Gasteiger partial charge in [-0.1, -0.05) is 24.3 Å². The van der Waals surface area contributed by atoms with E-state index in [0.29, 0.717) is 5.69 Å². The molecule has 0 bridgehead atoms. The first kappa shape index (κ1) is 13.6. The molecule has 2 rings (SSSR count). The van der Waals surface area contributed by atoms with Crippen LogP contribution in [0.5, 0.6) is 5.75 Å². The summed E-state index contributed by atoms with van der Waals surface area (Å²) in [5.41, 5.74) is 2.75. The molecule has 0 aromatic heterocycles. The van der Waals surface area contributed by atoms with Crippen molar-refractivity contribution in [2.75, 3.05) is 12.4 Å². The van der Waals surface area contributed by atoms with Crippen molar-refractivity contribution in [3.8, 4) is 22.9 Å². The molecular weight excluding hydrogens is 252 g/mol. The van der Waals surface area contributed by atoms with E-state index >= 15 is 0 Å². The average Bonchev–Trinajstić information content (AvgIpc) is 2.48. The SMILES string of the molecule is COc1cccc(-c2ccc(NC(=O)CC#N)cc2)c1. The molecule has 2 aromatic rings. The zero-order chi connectivity index (χ0) is 14.4. The minimum atomic E-state index is -0.304. The monoisotopic (exact) mass is 266 g/mol. The lowest BCUT2D eigenvalue weighted by molar-refractivity contribution is -0.115. The van der Waals surface area contributed by atoms with Crippen LogP contribution in [0.3, 0.4) is 0 Å². The fourth-order valence-corrected chi connectivity index (χ4v) is 1.83. The van der Waals surface area contributed by atoms with Crippen LogP contribution in [0.2, 0.25) is 0 Å². The topological polar surface area (TPSA) is 62.1 Å². The molecule has 2 aromatic carbocycles. The lowest BCUT2D eigenvalue weighted by Crippen LogP contribution is -2.09. The summed E-state index contributed by atoms with van der Waals surface area (Å²) in [5.74, 6) is 0.496. The molecule has 20 heavy (non-hydrogen) atoms. The summed E-state index contributed by atoms with van der Waals surface area (Å²) in [6.07, 6.45) is -0.141. The molecule has 0 saturated carbocycles. The molecule has 1 N–H and O–H groups in total. The first-order valence-corrected chi connectivity index (χ1v) is 6.14. The highest BCUT2D eigenvalue weighted by molar-refractivity contribution is 5.92. The number of nitrogens with zero attached hydrogens (tertiary/aromatic N) is 1. The molecule has 0 unspecified atom stereocenters. The highest BCUT2D eigenvalue weighted by atomic mass is 16.5. The van der Waals surface area contributed by atoms with Crippen LogP contribution in [-0.4, -0.2) is 13.0 Å². The molecule has 0 atom stereocenters. The predicted octanol–water partition coefficient (Wildman–Crippen LogP) is 3.21. The van der Waals surface area contributed by atoms with Gasteiger partial charge in [0.2, 0.25) is 5.91 Å². The molecule has 0 radical (unpaired) electrons. The first-order chi connectivity index (χ1) is 9.72. The first-order valence-electron chi connectivity index (χ1n) is 6.14. The van der Waals surface area contributed by atoms with Gasteiger partial charge in [-0.3, -0.25) is 4.79 Å². The van der Waals surface area contributed by atoms with Gasteiger partial charge in [0.15, 0.2) is 0 Å². The number of hydrogen-bond acceptors (Lipinski definition) is 3. The van der Waals surface area contributed by atoms with E-state index in [2.05, 4.69) is 5.32 Å². The number of hydrogen-bond donors (Lipinski definition) is 1. The molecule has 0 aliphatic rings. The van der Waals surface area contributed by atoms with Gasteiger partial charge >= 0.3 is 0 Å². The number of carbonyl (C=O) groups excluding carboxylic acids is 1. The van der Waals surface area contributed by atoms with Crippen LogP contribution in [0.15, 0.2) is 48.5 Å². The van der Waals surface area contributed by atoms with Crippen LogP contribution < -0.4 is 10.1 Å². The number of carbonyl (C=O) groups is 1. The summed E-state index contributed by atoms with van der Waals surface area (Å²) in [6.45, 7) is 0. The Kier molecular flexibility index (Phi) is 4.35. The van der Waals surface area contributed by atoms with E-state index in [4.69, 9.17) is 10.00 Å². The molecule has 0 saturated heterocycles. The zero-order valence-electron chi connectivity index (χ0n) is 11.1. The molecule has 0 spiro atoms. The third kappa shape index (κ3) is 3.36. The Labute approximate surface area is 117 Å². The van der Waals surface area contributed by atoms with Crippen LogP contribution in [0, 0.1) is 11.3 Å². The second-order valence-electron chi connectivity index (χ2n) is 4.19. The molecule has 4 heteroatoms. The van der Waals surface area contributed by atoms with Crippen LogP contribution >= 0.6 is 0 Å². The van der Waals surface area contributed by atoms with Gasteiger partial charge in [-0.15, -0.1) is 0 Å². The highest BCUT2D eigenvalue weighted by Gasteiger charge is 2.03. The maximum absolute atomic E-state index is 11.3. The van der Waals surface area contributed by atoms with Crippen LogP contribution in [0.25, 0.3) is 11.1 Å². The second-order valence-corrected chi connectivity index (χ2v) is 4.19. The summed E-state index contributed by atoms with van der Waals surface area (Å²) in [4.78, 5) is 11.3. The van der Waals surface area contributed by atoms with E-state index in [9.17, 15) is 4.79 Å². The molecule has 0 fully saturated rings. The van der Waals surface area contributed by atoms with Crippen molar-refractivity contribution < 1.29 is 9.53 Å². The van der Waals surface area contributed by atoms with Gasteiger partial charge in [0.05, 0.1) is 13.2 Å². The van der Waals surface area contributed by atoms with E-state index in [-0.39, 0.29) is 12.3 Å². The Bertz CT molecular complexity index is 642. The average molecular weight is 266 g/mol. The van der Waals surface area contributed by atoms with E-state index in [1.165, 1.54) is 0 Å². The Morgan fingerprint density at radius 2 is 1.95 bits per heavy atom. The third-order valence-corrected chi connectivity index (χ3v) is 2.81.